The van der Waals surface area contributed by atoms with Crippen LogP contribution in [0.25, 0.3) is 10.2 Å². The second-order valence-corrected chi connectivity index (χ2v) is 11.3. The van der Waals surface area contributed by atoms with Crippen molar-refractivity contribution in [1.29, 1.82) is 0 Å². The number of hydrogen-bond acceptors (Lipinski definition) is 3. The van der Waals surface area contributed by atoms with E-state index in [1.54, 1.807) is 16.2 Å². The molecule has 1 aliphatic heterocycles. The zero-order chi connectivity index (χ0) is 23.3. The highest BCUT2D eigenvalue weighted by molar-refractivity contribution is 7.17. The number of hydrogen-bond donors (Lipinski definition) is 1. The van der Waals surface area contributed by atoms with Gasteiger partial charge in [0, 0.05) is 17.6 Å². The Bertz CT molecular complexity index is 1220. The summed E-state index contributed by atoms with van der Waals surface area (Å²) in [7, 11) is 0. The Balaban J connectivity index is 1.53. The normalized spacial score (nSPS) is 27.6. The Hall–Kier alpha value is -2.31. The van der Waals surface area contributed by atoms with Crippen LogP contribution in [0.2, 0.25) is 5.02 Å². The lowest BCUT2D eigenvalue weighted by Crippen LogP contribution is -2.65. The number of aromatic nitrogens is 1. The number of fused-ring (bicyclic) bond motifs is 3. The molecule has 0 radical (unpaired) electrons. The van der Waals surface area contributed by atoms with Crippen LogP contribution in [0.4, 0.5) is 0 Å². The largest absolute Gasteiger partial charge is 0.351 e. The van der Waals surface area contributed by atoms with Crippen LogP contribution in [0, 0.1) is 11.8 Å². The first kappa shape index (κ1) is 22.5. The first-order valence-corrected chi connectivity index (χ1v) is 13.0. The van der Waals surface area contributed by atoms with E-state index in [1.807, 2.05) is 53.3 Å². The Morgan fingerprint density at radius 2 is 2.06 bits per heavy atom. The van der Waals surface area contributed by atoms with Gasteiger partial charge in [-0.2, -0.15) is 0 Å². The number of nitrogens with zero attached hydrogens (tertiary/aromatic N) is 2. The SMILES string of the molecule is CC1CCCC(NC(=O)C2(C)Cn3c(cc4sccc43)C(=O)N2Cc2cccc(Cl)c2)C1C. The lowest BCUT2D eigenvalue weighted by molar-refractivity contribution is -0.134. The predicted molar refractivity (Wildman–Crippen MR) is 134 cm³/mol. The van der Waals surface area contributed by atoms with E-state index in [-0.39, 0.29) is 17.9 Å². The Kier molecular flexibility index (Phi) is 5.78. The van der Waals surface area contributed by atoms with Gasteiger partial charge in [-0.25, -0.2) is 0 Å². The second kappa shape index (κ2) is 8.48. The Morgan fingerprint density at radius 1 is 1.24 bits per heavy atom. The van der Waals surface area contributed by atoms with Crippen LogP contribution in [0.15, 0.2) is 41.8 Å². The van der Waals surface area contributed by atoms with Crippen LogP contribution >= 0.6 is 22.9 Å². The van der Waals surface area contributed by atoms with Gasteiger partial charge in [-0.15, -0.1) is 11.3 Å². The fraction of sp³-hybridized carbons (Fsp3) is 0.462. The highest BCUT2D eigenvalue weighted by Gasteiger charge is 2.48. The minimum atomic E-state index is -1.01. The Labute approximate surface area is 203 Å². The van der Waals surface area contributed by atoms with Crippen molar-refractivity contribution < 1.29 is 9.59 Å². The zero-order valence-electron chi connectivity index (χ0n) is 19.3. The van der Waals surface area contributed by atoms with Crippen LogP contribution in [0.5, 0.6) is 0 Å². The molecule has 0 saturated heterocycles. The highest BCUT2D eigenvalue weighted by atomic mass is 35.5. The molecule has 7 heteroatoms. The van der Waals surface area contributed by atoms with E-state index in [0.29, 0.717) is 35.6 Å². The van der Waals surface area contributed by atoms with Crippen molar-refractivity contribution in [2.24, 2.45) is 11.8 Å². The molecule has 4 atom stereocenters. The number of amides is 2. The lowest BCUT2D eigenvalue weighted by atomic mass is 9.77. The van der Waals surface area contributed by atoms with Gasteiger partial charge in [0.05, 0.1) is 16.8 Å². The van der Waals surface area contributed by atoms with Crippen LogP contribution in [0.1, 0.15) is 56.1 Å². The van der Waals surface area contributed by atoms with Crippen LogP contribution in [-0.4, -0.2) is 32.9 Å². The molecule has 2 amide bonds. The molecule has 1 aliphatic carbocycles. The van der Waals surface area contributed by atoms with Crippen molar-refractivity contribution in [3.63, 3.8) is 0 Å². The third-order valence-electron chi connectivity index (χ3n) is 7.79. The standard InChI is InChI=1S/C26H30ClN3O2S/c1-16-6-4-9-20(17(16)2)28-25(32)26(3)15-29-21-10-11-33-23(21)13-22(29)24(31)30(26)14-18-7-5-8-19(27)12-18/h5,7-8,10-13,16-17,20H,4,6,9,14-15H2,1-3H3,(H,28,32). The predicted octanol–water partition coefficient (Wildman–Crippen LogP) is 5.71. The van der Waals surface area contributed by atoms with E-state index < -0.39 is 5.54 Å². The van der Waals surface area contributed by atoms with Gasteiger partial charge in [0.1, 0.15) is 11.2 Å². The molecule has 1 saturated carbocycles. The number of halogens is 1. The van der Waals surface area contributed by atoms with E-state index in [2.05, 4.69) is 19.2 Å². The minimum absolute atomic E-state index is 0.0773. The summed E-state index contributed by atoms with van der Waals surface area (Å²) < 4.78 is 3.09. The Morgan fingerprint density at radius 3 is 2.85 bits per heavy atom. The van der Waals surface area contributed by atoms with Crippen LogP contribution in [0.3, 0.4) is 0 Å². The van der Waals surface area contributed by atoms with Crippen molar-refractivity contribution in [3.05, 3.63) is 58.1 Å². The lowest BCUT2D eigenvalue weighted by Gasteiger charge is -2.45. The van der Waals surface area contributed by atoms with Crippen LogP contribution in [-0.2, 0) is 17.9 Å². The molecule has 4 unspecified atom stereocenters. The van der Waals surface area contributed by atoms with Crippen molar-refractivity contribution in [1.82, 2.24) is 14.8 Å². The number of rotatable bonds is 4. The summed E-state index contributed by atoms with van der Waals surface area (Å²) in [4.78, 5) is 29.5. The van der Waals surface area contributed by atoms with Gasteiger partial charge in [-0.1, -0.05) is 50.4 Å². The summed E-state index contributed by atoms with van der Waals surface area (Å²) >= 11 is 7.84. The number of carbonyl (C=O) groups excluding carboxylic acids is 2. The maximum Gasteiger partial charge on any atom is 0.271 e. The molecule has 33 heavy (non-hydrogen) atoms. The molecule has 1 N–H and O–H groups in total. The van der Waals surface area contributed by atoms with Gasteiger partial charge in [0.2, 0.25) is 5.91 Å². The average Bonchev–Trinajstić information content (AvgIpc) is 3.37. The number of thiophene rings is 1. The van der Waals surface area contributed by atoms with Crippen molar-refractivity contribution in [2.45, 2.75) is 64.7 Å². The van der Waals surface area contributed by atoms with Crippen molar-refractivity contribution in [2.75, 3.05) is 0 Å². The third-order valence-corrected chi connectivity index (χ3v) is 8.88. The molecule has 1 aromatic carbocycles. The maximum atomic E-state index is 13.9. The molecule has 3 aromatic rings. The summed E-state index contributed by atoms with van der Waals surface area (Å²) in [5.41, 5.74) is 1.56. The quantitative estimate of drug-likeness (QED) is 0.516. The summed E-state index contributed by atoms with van der Waals surface area (Å²) in [5.74, 6) is 0.797. The monoisotopic (exact) mass is 483 g/mol. The van der Waals surface area contributed by atoms with Gasteiger partial charge in [-0.05, 0) is 60.4 Å². The van der Waals surface area contributed by atoms with Gasteiger partial charge in [0.15, 0.2) is 0 Å². The van der Waals surface area contributed by atoms with E-state index in [4.69, 9.17) is 11.6 Å². The van der Waals surface area contributed by atoms with Gasteiger partial charge in [0.25, 0.3) is 5.91 Å². The molecule has 0 spiro atoms. The molecule has 174 valence electrons. The molecule has 0 bridgehead atoms. The van der Waals surface area contributed by atoms with Crippen LogP contribution < -0.4 is 5.32 Å². The van der Waals surface area contributed by atoms with Gasteiger partial charge in [-0.3, -0.25) is 9.59 Å². The van der Waals surface area contributed by atoms with E-state index >= 15 is 0 Å². The minimum Gasteiger partial charge on any atom is -0.351 e. The summed E-state index contributed by atoms with van der Waals surface area (Å²) in [5, 5.41) is 6.01. The molecule has 3 heterocycles. The van der Waals surface area contributed by atoms with Gasteiger partial charge >= 0.3 is 0 Å². The summed E-state index contributed by atoms with van der Waals surface area (Å²) in [6.07, 6.45) is 3.31. The topological polar surface area (TPSA) is 54.3 Å². The number of carbonyl (C=O) groups is 2. The van der Waals surface area contributed by atoms with E-state index in [1.165, 1.54) is 6.42 Å². The fourth-order valence-corrected chi connectivity index (χ4v) is 6.48. The second-order valence-electron chi connectivity index (χ2n) is 9.93. The molecule has 2 aliphatic rings. The fourth-order valence-electron chi connectivity index (χ4n) is 5.45. The molecule has 2 aromatic heterocycles. The summed E-state index contributed by atoms with van der Waals surface area (Å²) in [6, 6.07) is 11.6. The maximum absolute atomic E-state index is 13.9. The van der Waals surface area contributed by atoms with Gasteiger partial charge < -0.3 is 14.8 Å². The van der Waals surface area contributed by atoms with Crippen molar-refractivity contribution in [3.8, 4) is 0 Å². The first-order valence-electron chi connectivity index (χ1n) is 11.7. The molecule has 5 nitrogen and oxygen atoms in total. The highest BCUT2D eigenvalue weighted by Crippen LogP contribution is 2.36. The molecule has 1 fully saturated rings. The molecular formula is C26H30ClN3O2S. The average molecular weight is 484 g/mol. The number of benzene rings is 1. The first-order chi connectivity index (χ1) is 15.8. The number of nitrogens with one attached hydrogen (secondary N) is 1. The third kappa shape index (κ3) is 3.87. The van der Waals surface area contributed by atoms with E-state index in [0.717, 1.165) is 28.6 Å². The smallest absolute Gasteiger partial charge is 0.271 e. The molecule has 5 rings (SSSR count). The molecular weight excluding hydrogens is 454 g/mol. The van der Waals surface area contributed by atoms with Crippen molar-refractivity contribution >= 4 is 45.0 Å². The zero-order valence-corrected chi connectivity index (χ0v) is 20.9. The van der Waals surface area contributed by atoms with E-state index in [9.17, 15) is 9.59 Å². The summed E-state index contributed by atoms with van der Waals surface area (Å²) in [6.45, 7) is 7.16.